The monoisotopic (exact) mass is 252 g/mol. The van der Waals surface area contributed by atoms with Crippen LogP contribution in [0.3, 0.4) is 0 Å². The van der Waals surface area contributed by atoms with Gasteiger partial charge in [-0.15, -0.1) is 0 Å². The minimum atomic E-state index is -1.20. The number of hydrogen-bond donors (Lipinski definition) is 1. The zero-order chi connectivity index (χ0) is 13.2. The lowest BCUT2D eigenvalue weighted by Crippen LogP contribution is -2.09. The molecule has 1 heterocycles. The van der Waals surface area contributed by atoms with Crippen LogP contribution in [-0.2, 0) is 9.53 Å². The van der Waals surface area contributed by atoms with E-state index in [1.165, 1.54) is 0 Å². The molecule has 19 heavy (non-hydrogen) atoms. The molecule has 3 rings (SSSR count). The third-order valence-corrected chi connectivity index (χ3v) is 3.09. The Labute approximate surface area is 110 Å². The lowest BCUT2D eigenvalue weighted by molar-refractivity contribution is -0.148. The Morgan fingerprint density at radius 3 is 1.95 bits per heavy atom. The van der Waals surface area contributed by atoms with E-state index >= 15 is 0 Å². The molecular formula is C16H12O3. The third-order valence-electron chi connectivity index (χ3n) is 3.09. The van der Waals surface area contributed by atoms with Gasteiger partial charge < -0.3 is 9.84 Å². The van der Waals surface area contributed by atoms with Gasteiger partial charge in [-0.25, -0.2) is 4.79 Å². The van der Waals surface area contributed by atoms with Gasteiger partial charge >= 0.3 is 5.97 Å². The van der Waals surface area contributed by atoms with Gasteiger partial charge in [0.15, 0.2) is 0 Å². The fourth-order valence-corrected chi connectivity index (χ4v) is 2.24. The van der Waals surface area contributed by atoms with E-state index in [4.69, 9.17) is 4.74 Å². The largest absolute Gasteiger partial charge is 0.428 e. The molecule has 1 unspecified atom stereocenters. The van der Waals surface area contributed by atoms with Gasteiger partial charge in [0.2, 0.25) is 6.29 Å². The first-order valence-corrected chi connectivity index (χ1v) is 6.01. The van der Waals surface area contributed by atoms with Gasteiger partial charge in [0.25, 0.3) is 0 Å². The van der Waals surface area contributed by atoms with Crippen molar-refractivity contribution in [3.05, 3.63) is 71.8 Å². The van der Waals surface area contributed by atoms with Crippen molar-refractivity contribution in [2.24, 2.45) is 0 Å². The Kier molecular flexibility index (Phi) is 2.89. The van der Waals surface area contributed by atoms with Crippen LogP contribution < -0.4 is 0 Å². The summed E-state index contributed by atoms with van der Waals surface area (Å²) >= 11 is 0. The maximum Gasteiger partial charge on any atom is 0.341 e. The van der Waals surface area contributed by atoms with E-state index in [2.05, 4.69) is 0 Å². The van der Waals surface area contributed by atoms with Crippen LogP contribution in [0.1, 0.15) is 11.1 Å². The number of carbonyl (C=O) groups is 1. The fourth-order valence-electron chi connectivity index (χ4n) is 2.24. The van der Waals surface area contributed by atoms with Crippen molar-refractivity contribution >= 4 is 17.1 Å². The second kappa shape index (κ2) is 4.71. The molecule has 0 saturated heterocycles. The average Bonchev–Trinajstić information content (AvgIpc) is 2.75. The third kappa shape index (κ3) is 2.04. The van der Waals surface area contributed by atoms with Crippen molar-refractivity contribution in [2.75, 3.05) is 0 Å². The van der Waals surface area contributed by atoms with E-state index in [0.717, 1.165) is 11.1 Å². The lowest BCUT2D eigenvalue weighted by Gasteiger charge is -2.07. The Hall–Kier alpha value is -2.39. The van der Waals surface area contributed by atoms with E-state index in [9.17, 15) is 9.90 Å². The number of aliphatic hydroxyl groups is 1. The Morgan fingerprint density at radius 2 is 1.37 bits per heavy atom. The van der Waals surface area contributed by atoms with E-state index in [1.54, 1.807) is 0 Å². The van der Waals surface area contributed by atoms with Gasteiger partial charge in [0.05, 0.1) is 5.57 Å². The van der Waals surface area contributed by atoms with Gasteiger partial charge in [-0.3, -0.25) is 0 Å². The summed E-state index contributed by atoms with van der Waals surface area (Å²) < 4.78 is 4.94. The van der Waals surface area contributed by atoms with Crippen LogP contribution in [0.4, 0.5) is 0 Å². The summed E-state index contributed by atoms with van der Waals surface area (Å²) in [7, 11) is 0. The molecule has 1 aliphatic heterocycles. The number of aliphatic hydroxyl groups excluding tert-OH is 1. The maximum absolute atomic E-state index is 11.9. The van der Waals surface area contributed by atoms with Crippen molar-refractivity contribution in [3.8, 4) is 0 Å². The summed E-state index contributed by atoms with van der Waals surface area (Å²) in [6.07, 6.45) is -1.20. The molecule has 3 nitrogen and oxygen atoms in total. The van der Waals surface area contributed by atoms with Crippen molar-refractivity contribution in [1.29, 1.82) is 0 Å². The highest BCUT2D eigenvalue weighted by atomic mass is 16.6. The summed E-state index contributed by atoms with van der Waals surface area (Å²) in [6, 6.07) is 18.5. The van der Waals surface area contributed by atoms with Crippen LogP contribution in [0.2, 0.25) is 0 Å². The molecule has 2 aromatic carbocycles. The van der Waals surface area contributed by atoms with E-state index < -0.39 is 12.3 Å². The Bertz CT molecular complexity index is 630. The van der Waals surface area contributed by atoms with Crippen LogP contribution in [-0.4, -0.2) is 17.4 Å². The van der Waals surface area contributed by atoms with Gasteiger partial charge in [0.1, 0.15) is 0 Å². The SMILES string of the molecule is O=C1OC(O)C(c2ccccc2)=C1c1ccccc1. The van der Waals surface area contributed by atoms with Crippen molar-refractivity contribution in [2.45, 2.75) is 6.29 Å². The number of esters is 1. The quantitative estimate of drug-likeness (QED) is 0.835. The number of benzene rings is 2. The molecule has 3 heteroatoms. The zero-order valence-corrected chi connectivity index (χ0v) is 10.1. The smallest absolute Gasteiger partial charge is 0.341 e. The van der Waals surface area contributed by atoms with E-state index in [0.29, 0.717) is 11.1 Å². The highest BCUT2D eigenvalue weighted by Crippen LogP contribution is 2.35. The van der Waals surface area contributed by atoms with Crippen molar-refractivity contribution in [3.63, 3.8) is 0 Å². The molecule has 1 N–H and O–H groups in total. The second-order valence-corrected chi connectivity index (χ2v) is 4.28. The first kappa shape index (κ1) is 11.7. The normalized spacial score (nSPS) is 18.6. The van der Waals surface area contributed by atoms with Crippen LogP contribution in [0.25, 0.3) is 11.1 Å². The molecule has 2 aromatic rings. The van der Waals surface area contributed by atoms with Crippen LogP contribution in [0.15, 0.2) is 60.7 Å². The Balaban J connectivity index is 2.21. The molecule has 1 atom stereocenters. The molecule has 0 saturated carbocycles. The molecular weight excluding hydrogens is 240 g/mol. The van der Waals surface area contributed by atoms with Crippen molar-refractivity contribution < 1.29 is 14.6 Å². The zero-order valence-electron chi connectivity index (χ0n) is 10.1. The summed E-state index contributed by atoms with van der Waals surface area (Å²) in [5, 5.41) is 9.94. The first-order chi connectivity index (χ1) is 9.27. The van der Waals surface area contributed by atoms with E-state index in [1.807, 2.05) is 60.7 Å². The molecule has 0 spiro atoms. The summed E-state index contributed by atoms with van der Waals surface area (Å²) in [4.78, 5) is 11.9. The lowest BCUT2D eigenvalue weighted by atomic mass is 9.96. The average molecular weight is 252 g/mol. The molecule has 0 aromatic heterocycles. The summed E-state index contributed by atoms with van der Waals surface area (Å²) in [5.41, 5.74) is 2.50. The molecule has 0 aliphatic carbocycles. The predicted octanol–water partition coefficient (Wildman–Crippen LogP) is 2.47. The standard InChI is InChI=1S/C16H12O3/c17-15-13(11-7-3-1-4-8-11)14(16(18)19-15)12-9-5-2-6-10-12/h1-10,15,17H. The van der Waals surface area contributed by atoms with E-state index in [-0.39, 0.29) is 0 Å². The van der Waals surface area contributed by atoms with Gasteiger partial charge in [-0.2, -0.15) is 0 Å². The highest BCUT2D eigenvalue weighted by Gasteiger charge is 2.34. The number of rotatable bonds is 2. The predicted molar refractivity (Wildman–Crippen MR) is 71.8 cm³/mol. The molecule has 1 aliphatic rings. The minimum Gasteiger partial charge on any atom is -0.428 e. The van der Waals surface area contributed by atoms with Gasteiger partial charge in [-0.05, 0) is 11.1 Å². The molecule has 0 bridgehead atoms. The molecule has 0 radical (unpaired) electrons. The maximum atomic E-state index is 11.9. The van der Waals surface area contributed by atoms with Gasteiger partial charge in [0, 0.05) is 5.57 Å². The van der Waals surface area contributed by atoms with Gasteiger partial charge in [-0.1, -0.05) is 60.7 Å². The second-order valence-electron chi connectivity index (χ2n) is 4.28. The van der Waals surface area contributed by atoms with Crippen LogP contribution >= 0.6 is 0 Å². The Morgan fingerprint density at radius 1 is 0.842 bits per heavy atom. The van der Waals surface area contributed by atoms with Crippen LogP contribution in [0.5, 0.6) is 0 Å². The van der Waals surface area contributed by atoms with Crippen LogP contribution in [0, 0.1) is 0 Å². The molecule has 0 amide bonds. The number of hydrogen-bond acceptors (Lipinski definition) is 3. The summed E-state index contributed by atoms with van der Waals surface area (Å²) in [5.74, 6) is -0.488. The number of ether oxygens (including phenoxy) is 1. The number of carbonyl (C=O) groups excluding carboxylic acids is 1. The highest BCUT2D eigenvalue weighted by molar-refractivity contribution is 6.27. The fraction of sp³-hybridized carbons (Fsp3) is 0.0625. The molecule has 94 valence electrons. The number of cyclic esters (lactones) is 1. The first-order valence-electron chi connectivity index (χ1n) is 6.01. The minimum absolute atomic E-state index is 0.430. The molecule has 0 fully saturated rings. The van der Waals surface area contributed by atoms with Crippen molar-refractivity contribution in [1.82, 2.24) is 0 Å². The summed E-state index contributed by atoms with van der Waals surface area (Å²) in [6.45, 7) is 0. The topological polar surface area (TPSA) is 46.5 Å².